The summed E-state index contributed by atoms with van der Waals surface area (Å²) in [6, 6.07) is 2.01. The predicted molar refractivity (Wildman–Crippen MR) is 53.4 cm³/mol. The van der Waals surface area contributed by atoms with E-state index >= 15 is 0 Å². The molecule has 1 aliphatic carbocycles. The monoisotopic (exact) mass is 194 g/mol. The summed E-state index contributed by atoms with van der Waals surface area (Å²) in [5.41, 5.74) is 6.66. The lowest BCUT2D eigenvalue weighted by molar-refractivity contribution is 0.384. The Hall–Kier alpha value is -0.960. The fraction of sp³-hybridized carbons (Fsp3) is 0.545. The highest BCUT2D eigenvalue weighted by Crippen LogP contribution is 2.32. The van der Waals surface area contributed by atoms with Crippen molar-refractivity contribution < 1.29 is 4.39 Å². The summed E-state index contributed by atoms with van der Waals surface area (Å²) in [7, 11) is 0. The van der Waals surface area contributed by atoms with Crippen molar-refractivity contribution in [3.05, 3.63) is 29.8 Å². The predicted octanol–water partition coefficient (Wildman–Crippen LogP) is 2.21. The molecule has 2 N–H and O–H groups in total. The summed E-state index contributed by atoms with van der Waals surface area (Å²) in [4.78, 5) is 3.75. The zero-order valence-corrected chi connectivity index (χ0v) is 8.12. The molecular formula is C11H15FN2. The molecule has 0 radical (unpaired) electrons. The van der Waals surface area contributed by atoms with Gasteiger partial charge in [0.1, 0.15) is 5.82 Å². The summed E-state index contributed by atoms with van der Waals surface area (Å²) in [6.45, 7) is 0. The summed E-state index contributed by atoms with van der Waals surface area (Å²) >= 11 is 0. The first-order valence-electron chi connectivity index (χ1n) is 5.12. The highest BCUT2D eigenvalue weighted by atomic mass is 19.1. The molecule has 1 aromatic rings. The van der Waals surface area contributed by atoms with E-state index in [1.165, 1.54) is 6.20 Å². The highest BCUT2D eigenvalue weighted by molar-refractivity contribution is 5.19. The molecule has 1 aromatic heterocycles. The Bertz CT molecular complexity index is 314. The number of hydrogen-bond donors (Lipinski definition) is 1. The first-order chi connectivity index (χ1) is 6.77. The number of halogens is 1. The first kappa shape index (κ1) is 9.59. The molecule has 0 aromatic carbocycles. The lowest BCUT2D eigenvalue weighted by atomic mass is 9.82. The van der Waals surface area contributed by atoms with Gasteiger partial charge in [-0.15, -0.1) is 0 Å². The topological polar surface area (TPSA) is 38.9 Å². The number of nitrogens with zero attached hydrogens (tertiary/aromatic N) is 1. The molecule has 0 amide bonds. The maximum atomic E-state index is 13.4. The third-order valence-electron chi connectivity index (χ3n) is 2.96. The molecule has 14 heavy (non-hydrogen) atoms. The van der Waals surface area contributed by atoms with Crippen molar-refractivity contribution in [3.8, 4) is 0 Å². The Morgan fingerprint density at radius 1 is 1.43 bits per heavy atom. The zero-order chi connectivity index (χ0) is 9.97. The summed E-state index contributed by atoms with van der Waals surface area (Å²) in [6.07, 6.45) is 7.07. The second-order valence-electron chi connectivity index (χ2n) is 4.02. The molecule has 1 aliphatic rings. The van der Waals surface area contributed by atoms with Crippen molar-refractivity contribution in [1.29, 1.82) is 0 Å². The van der Waals surface area contributed by atoms with E-state index in [1.807, 2.05) is 0 Å². The van der Waals surface area contributed by atoms with Crippen LogP contribution in [0.15, 0.2) is 18.5 Å². The number of pyridine rings is 1. The Balaban J connectivity index is 2.18. The minimum atomic E-state index is -0.188. The van der Waals surface area contributed by atoms with Crippen LogP contribution in [0.3, 0.4) is 0 Å². The van der Waals surface area contributed by atoms with E-state index in [9.17, 15) is 4.39 Å². The van der Waals surface area contributed by atoms with E-state index in [-0.39, 0.29) is 11.9 Å². The third-order valence-corrected chi connectivity index (χ3v) is 2.96. The van der Waals surface area contributed by atoms with E-state index < -0.39 is 0 Å². The fourth-order valence-corrected chi connectivity index (χ4v) is 2.23. The van der Waals surface area contributed by atoms with Crippen molar-refractivity contribution in [3.63, 3.8) is 0 Å². The smallest absolute Gasteiger partial charge is 0.144 e. The molecule has 0 saturated heterocycles. The summed E-state index contributed by atoms with van der Waals surface area (Å²) in [5, 5.41) is 0. The molecule has 3 heteroatoms. The summed E-state index contributed by atoms with van der Waals surface area (Å²) in [5.74, 6) is 0.105. The quantitative estimate of drug-likeness (QED) is 0.744. The Morgan fingerprint density at radius 2 is 2.29 bits per heavy atom. The van der Waals surface area contributed by atoms with E-state index in [1.54, 1.807) is 12.3 Å². The number of hydrogen-bond acceptors (Lipinski definition) is 2. The van der Waals surface area contributed by atoms with Gasteiger partial charge in [0.25, 0.3) is 0 Å². The lowest BCUT2D eigenvalue weighted by Crippen LogP contribution is -2.27. The van der Waals surface area contributed by atoms with Gasteiger partial charge in [-0.05, 0) is 36.8 Å². The molecule has 1 saturated carbocycles. The Morgan fingerprint density at radius 3 is 3.00 bits per heavy atom. The second-order valence-corrected chi connectivity index (χ2v) is 4.02. The SMILES string of the molecule is NC1CCCC(c2ccncc2F)C1. The largest absolute Gasteiger partial charge is 0.328 e. The third kappa shape index (κ3) is 1.93. The van der Waals surface area contributed by atoms with Crippen LogP contribution >= 0.6 is 0 Å². The van der Waals surface area contributed by atoms with Gasteiger partial charge in [0.05, 0.1) is 6.20 Å². The molecule has 1 fully saturated rings. The number of rotatable bonds is 1. The molecule has 76 valence electrons. The van der Waals surface area contributed by atoms with Crippen LogP contribution in [-0.2, 0) is 0 Å². The zero-order valence-electron chi connectivity index (χ0n) is 8.12. The molecular weight excluding hydrogens is 179 g/mol. The summed E-state index contributed by atoms with van der Waals surface area (Å²) < 4.78 is 13.4. The maximum Gasteiger partial charge on any atom is 0.144 e. The van der Waals surface area contributed by atoms with E-state index in [0.29, 0.717) is 5.92 Å². The van der Waals surface area contributed by atoms with Gasteiger partial charge in [-0.2, -0.15) is 0 Å². The maximum absolute atomic E-state index is 13.4. The fourth-order valence-electron chi connectivity index (χ4n) is 2.23. The second kappa shape index (κ2) is 4.05. The van der Waals surface area contributed by atoms with Crippen LogP contribution in [0.4, 0.5) is 4.39 Å². The Labute approximate surface area is 83.3 Å². The molecule has 2 nitrogen and oxygen atoms in total. The van der Waals surface area contributed by atoms with Gasteiger partial charge in [-0.3, -0.25) is 4.98 Å². The first-order valence-corrected chi connectivity index (χ1v) is 5.12. The van der Waals surface area contributed by atoms with E-state index in [0.717, 1.165) is 31.2 Å². The minimum absolute atomic E-state index is 0.188. The molecule has 2 atom stereocenters. The molecule has 1 heterocycles. The van der Waals surface area contributed by atoms with Crippen LogP contribution < -0.4 is 5.73 Å². The van der Waals surface area contributed by atoms with Gasteiger partial charge in [-0.25, -0.2) is 4.39 Å². The number of aromatic nitrogens is 1. The van der Waals surface area contributed by atoms with Crippen LogP contribution in [0.1, 0.15) is 37.2 Å². The van der Waals surface area contributed by atoms with Crippen molar-refractivity contribution in [2.75, 3.05) is 0 Å². The van der Waals surface area contributed by atoms with Crippen molar-refractivity contribution in [2.24, 2.45) is 5.73 Å². The van der Waals surface area contributed by atoms with Crippen LogP contribution in [0.25, 0.3) is 0 Å². The van der Waals surface area contributed by atoms with E-state index in [4.69, 9.17) is 5.73 Å². The molecule has 0 bridgehead atoms. The van der Waals surface area contributed by atoms with Gasteiger partial charge >= 0.3 is 0 Å². The average Bonchev–Trinajstić information content (AvgIpc) is 2.18. The van der Waals surface area contributed by atoms with Crippen molar-refractivity contribution in [2.45, 2.75) is 37.6 Å². The van der Waals surface area contributed by atoms with Crippen LogP contribution in [0, 0.1) is 5.82 Å². The van der Waals surface area contributed by atoms with Gasteiger partial charge in [-0.1, -0.05) is 6.42 Å². The van der Waals surface area contributed by atoms with Gasteiger partial charge in [0, 0.05) is 12.2 Å². The lowest BCUT2D eigenvalue weighted by Gasteiger charge is -2.26. The molecule has 2 rings (SSSR count). The molecule has 0 spiro atoms. The van der Waals surface area contributed by atoms with Gasteiger partial charge < -0.3 is 5.73 Å². The van der Waals surface area contributed by atoms with Crippen LogP contribution in [0.2, 0.25) is 0 Å². The normalized spacial score (nSPS) is 27.6. The molecule has 0 aliphatic heterocycles. The Kier molecular flexibility index (Phi) is 2.77. The average molecular weight is 194 g/mol. The highest BCUT2D eigenvalue weighted by Gasteiger charge is 2.22. The minimum Gasteiger partial charge on any atom is -0.328 e. The van der Waals surface area contributed by atoms with Crippen LogP contribution in [0.5, 0.6) is 0 Å². The standard InChI is InChI=1S/C11H15FN2/c12-11-7-14-5-4-10(11)8-2-1-3-9(13)6-8/h4-5,7-9H,1-3,6,13H2. The van der Waals surface area contributed by atoms with Crippen LogP contribution in [-0.4, -0.2) is 11.0 Å². The van der Waals surface area contributed by atoms with Gasteiger partial charge in [0.15, 0.2) is 0 Å². The van der Waals surface area contributed by atoms with Gasteiger partial charge in [0.2, 0.25) is 0 Å². The molecule has 2 unspecified atom stereocenters. The van der Waals surface area contributed by atoms with Crippen molar-refractivity contribution >= 4 is 0 Å². The van der Waals surface area contributed by atoms with E-state index in [2.05, 4.69) is 4.98 Å². The van der Waals surface area contributed by atoms with Crippen molar-refractivity contribution in [1.82, 2.24) is 4.98 Å². The number of nitrogens with two attached hydrogens (primary N) is 1.